The van der Waals surface area contributed by atoms with E-state index in [1.165, 1.54) is 12.1 Å². The summed E-state index contributed by atoms with van der Waals surface area (Å²) in [5, 5.41) is 2.47. The summed E-state index contributed by atoms with van der Waals surface area (Å²) in [6.45, 7) is 4.21. The highest BCUT2D eigenvalue weighted by Gasteiger charge is 2.19. The molecule has 0 saturated carbocycles. The van der Waals surface area contributed by atoms with Gasteiger partial charge in [-0.2, -0.15) is 0 Å². The van der Waals surface area contributed by atoms with E-state index in [0.717, 1.165) is 18.2 Å². The number of ether oxygens (including phenoxy) is 1. The summed E-state index contributed by atoms with van der Waals surface area (Å²) in [4.78, 5) is 37.5. The molecule has 0 heterocycles. The Balaban J connectivity index is 1.93. The molecule has 0 saturated heterocycles. The van der Waals surface area contributed by atoms with Gasteiger partial charge in [-0.25, -0.2) is 13.6 Å². The van der Waals surface area contributed by atoms with Crippen molar-refractivity contribution in [2.45, 2.75) is 13.8 Å². The summed E-state index contributed by atoms with van der Waals surface area (Å²) in [5.74, 6) is -4.22. The van der Waals surface area contributed by atoms with Crippen molar-refractivity contribution < 1.29 is 27.9 Å². The Hall–Kier alpha value is -3.29. The summed E-state index contributed by atoms with van der Waals surface area (Å²) in [6.07, 6.45) is 0. The van der Waals surface area contributed by atoms with Gasteiger partial charge >= 0.3 is 5.97 Å². The van der Waals surface area contributed by atoms with Crippen LogP contribution >= 0.6 is 0 Å². The molecule has 148 valence electrons. The third-order valence-corrected chi connectivity index (χ3v) is 3.97. The maximum atomic E-state index is 13.5. The van der Waals surface area contributed by atoms with E-state index in [0.29, 0.717) is 24.3 Å². The Labute approximate surface area is 161 Å². The molecule has 28 heavy (non-hydrogen) atoms. The number of hydrogen-bond acceptors (Lipinski definition) is 4. The van der Waals surface area contributed by atoms with Gasteiger partial charge in [-0.3, -0.25) is 9.59 Å². The van der Waals surface area contributed by atoms with Gasteiger partial charge < -0.3 is 15.0 Å². The van der Waals surface area contributed by atoms with Crippen molar-refractivity contribution in [1.82, 2.24) is 4.90 Å². The van der Waals surface area contributed by atoms with E-state index in [9.17, 15) is 23.2 Å². The Kier molecular flexibility index (Phi) is 7.20. The second-order valence-electron chi connectivity index (χ2n) is 5.78. The molecule has 0 bridgehead atoms. The van der Waals surface area contributed by atoms with E-state index in [2.05, 4.69) is 10.1 Å². The number of hydrogen-bond donors (Lipinski definition) is 1. The minimum atomic E-state index is -1.27. The van der Waals surface area contributed by atoms with Crippen molar-refractivity contribution in [2.75, 3.05) is 25.0 Å². The summed E-state index contributed by atoms with van der Waals surface area (Å²) < 4.78 is 31.7. The summed E-state index contributed by atoms with van der Waals surface area (Å²) >= 11 is 0. The standard InChI is InChI=1S/C20H20F2N2O4/c1-3-24(4-2)19(26)13-8-10-14(11-9-13)23-17(25)12-28-20(27)18-15(21)6-5-7-16(18)22/h5-11H,3-4,12H2,1-2H3,(H,23,25). The van der Waals surface area contributed by atoms with Gasteiger partial charge in [-0.05, 0) is 50.2 Å². The Morgan fingerprint density at radius 1 is 0.964 bits per heavy atom. The molecule has 0 radical (unpaired) electrons. The molecule has 2 aromatic carbocycles. The Morgan fingerprint density at radius 3 is 2.07 bits per heavy atom. The molecule has 0 aromatic heterocycles. The molecule has 0 spiro atoms. The van der Waals surface area contributed by atoms with Crippen LogP contribution in [0.4, 0.5) is 14.5 Å². The molecule has 0 aliphatic carbocycles. The monoisotopic (exact) mass is 390 g/mol. The van der Waals surface area contributed by atoms with Gasteiger partial charge in [0.2, 0.25) is 0 Å². The lowest BCUT2D eigenvalue weighted by Gasteiger charge is -2.18. The van der Waals surface area contributed by atoms with Crippen molar-refractivity contribution in [3.63, 3.8) is 0 Å². The fourth-order valence-electron chi connectivity index (χ4n) is 2.48. The van der Waals surface area contributed by atoms with Crippen molar-refractivity contribution in [2.24, 2.45) is 0 Å². The number of benzene rings is 2. The zero-order valence-electron chi connectivity index (χ0n) is 15.5. The maximum Gasteiger partial charge on any atom is 0.344 e. The van der Waals surface area contributed by atoms with Gasteiger partial charge in [0.05, 0.1) is 0 Å². The zero-order chi connectivity index (χ0) is 20.7. The maximum absolute atomic E-state index is 13.5. The topological polar surface area (TPSA) is 75.7 Å². The van der Waals surface area contributed by atoms with E-state index < -0.39 is 35.7 Å². The zero-order valence-corrected chi connectivity index (χ0v) is 15.5. The Morgan fingerprint density at radius 2 is 1.54 bits per heavy atom. The molecule has 2 rings (SSSR count). The minimum Gasteiger partial charge on any atom is -0.452 e. The largest absolute Gasteiger partial charge is 0.452 e. The lowest BCUT2D eigenvalue weighted by Crippen LogP contribution is -2.30. The molecule has 2 amide bonds. The van der Waals surface area contributed by atoms with Crippen molar-refractivity contribution in [3.05, 3.63) is 65.2 Å². The molecule has 0 aliphatic rings. The van der Waals surface area contributed by atoms with Crippen LogP contribution in [0.2, 0.25) is 0 Å². The first kappa shape index (κ1) is 21.0. The van der Waals surface area contributed by atoms with Gasteiger partial charge in [0.15, 0.2) is 6.61 Å². The van der Waals surface area contributed by atoms with Gasteiger partial charge in [-0.1, -0.05) is 6.07 Å². The van der Waals surface area contributed by atoms with Gasteiger partial charge in [-0.15, -0.1) is 0 Å². The summed E-state index contributed by atoms with van der Waals surface area (Å²) in [7, 11) is 0. The van der Waals surface area contributed by atoms with Crippen LogP contribution in [0.25, 0.3) is 0 Å². The van der Waals surface area contributed by atoms with Crippen LogP contribution in [-0.4, -0.2) is 42.4 Å². The summed E-state index contributed by atoms with van der Waals surface area (Å²) in [6, 6.07) is 9.15. The van der Waals surface area contributed by atoms with E-state index >= 15 is 0 Å². The van der Waals surface area contributed by atoms with Crippen LogP contribution in [0.15, 0.2) is 42.5 Å². The number of amides is 2. The van der Waals surface area contributed by atoms with E-state index in [1.807, 2.05) is 13.8 Å². The first-order valence-corrected chi connectivity index (χ1v) is 8.67. The predicted octanol–water partition coefficient (Wildman–Crippen LogP) is 3.24. The third kappa shape index (κ3) is 5.12. The van der Waals surface area contributed by atoms with Gasteiger partial charge in [0.1, 0.15) is 17.2 Å². The van der Waals surface area contributed by atoms with Crippen LogP contribution in [0.1, 0.15) is 34.6 Å². The number of rotatable bonds is 7. The fourth-order valence-corrected chi connectivity index (χ4v) is 2.48. The molecule has 0 atom stereocenters. The lowest BCUT2D eigenvalue weighted by molar-refractivity contribution is -0.119. The predicted molar refractivity (Wildman–Crippen MR) is 99.0 cm³/mol. The van der Waals surface area contributed by atoms with Crippen molar-refractivity contribution in [1.29, 1.82) is 0 Å². The average molecular weight is 390 g/mol. The first-order valence-electron chi connectivity index (χ1n) is 8.67. The van der Waals surface area contributed by atoms with E-state index in [-0.39, 0.29) is 5.91 Å². The van der Waals surface area contributed by atoms with E-state index in [1.54, 1.807) is 17.0 Å². The average Bonchev–Trinajstić information content (AvgIpc) is 2.67. The number of nitrogens with zero attached hydrogens (tertiary/aromatic N) is 1. The molecule has 0 aliphatic heterocycles. The molecule has 8 heteroatoms. The normalized spacial score (nSPS) is 10.3. The Bertz CT molecular complexity index is 845. The number of nitrogens with one attached hydrogen (secondary N) is 1. The third-order valence-electron chi connectivity index (χ3n) is 3.97. The van der Waals surface area contributed by atoms with Crippen LogP contribution in [0.5, 0.6) is 0 Å². The molecule has 2 aromatic rings. The number of anilines is 1. The van der Waals surface area contributed by atoms with Crippen LogP contribution in [-0.2, 0) is 9.53 Å². The quantitative estimate of drug-likeness (QED) is 0.737. The van der Waals surface area contributed by atoms with E-state index in [4.69, 9.17) is 0 Å². The molecular formula is C20H20F2N2O4. The molecule has 6 nitrogen and oxygen atoms in total. The van der Waals surface area contributed by atoms with Crippen LogP contribution < -0.4 is 5.32 Å². The van der Waals surface area contributed by atoms with Gasteiger partial charge in [0, 0.05) is 24.3 Å². The second kappa shape index (κ2) is 9.59. The highest BCUT2D eigenvalue weighted by molar-refractivity contribution is 5.97. The minimum absolute atomic E-state index is 0.122. The van der Waals surface area contributed by atoms with Crippen LogP contribution in [0, 0.1) is 11.6 Å². The highest BCUT2D eigenvalue weighted by Crippen LogP contribution is 2.14. The molecule has 0 unspecified atom stereocenters. The molecule has 0 fully saturated rings. The molecule has 1 N–H and O–H groups in total. The first-order chi connectivity index (χ1) is 13.4. The van der Waals surface area contributed by atoms with Gasteiger partial charge in [0.25, 0.3) is 11.8 Å². The highest BCUT2D eigenvalue weighted by atomic mass is 19.1. The van der Waals surface area contributed by atoms with Crippen LogP contribution in [0.3, 0.4) is 0 Å². The fraction of sp³-hybridized carbons (Fsp3) is 0.250. The lowest BCUT2D eigenvalue weighted by atomic mass is 10.1. The number of halogens is 2. The smallest absolute Gasteiger partial charge is 0.344 e. The number of esters is 1. The number of carbonyl (C=O) groups excluding carboxylic acids is 3. The summed E-state index contributed by atoms with van der Waals surface area (Å²) in [5.41, 5.74) is 0.00643. The van der Waals surface area contributed by atoms with Crippen molar-refractivity contribution >= 4 is 23.5 Å². The SMILES string of the molecule is CCN(CC)C(=O)c1ccc(NC(=O)COC(=O)c2c(F)cccc2F)cc1. The molecular weight excluding hydrogens is 370 g/mol. The number of carbonyl (C=O) groups is 3. The van der Waals surface area contributed by atoms with Crippen molar-refractivity contribution in [3.8, 4) is 0 Å². The second-order valence-corrected chi connectivity index (χ2v) is 5.78.